The zero-order valence-corrected chi connectivity index (χ0v) is 18.4. The van der Waals surface area contributed by atoms with Crippen LogP contribution in [0.25, 0.3) is 11.0 Å². The minimum absolute atomic E-state index is 0.0452. The molecule has 3 aromatic rings. The van der Waals surface area contributed by atoms with Gasteiger partial charge in [-0.1, -0.05) is 24.3 Å². The number of fused-ring (bicyclic) bond motifs is 2. The first-order chi connectivity index (χ1) is 14.9. The summed E-state index contributed by atoms with van der Waals surface area (Å²) >= 11 is 0. The molecule has 6 nitrogen and oxygen atoms in total. The van der Waals surface area contributed by atoms with Gasteiger partial charge >= 0.3 is 0 Å². The van der Waals surface area contributed by atoms with Crippen LogP contribution in [-0.4, -0.2) is 31.7 Å². The average Bonchev–Trinajstić information content (AvgIpc) is 3.43. The molecule has 1 atom stereocenters. The molecule has 1 amide bonds. The van der Waals surface area contributed by atoms with Crippen LogP contribution in [0, 0.1) is 6.92 Å². The van der Waals surface area contributed by atoms with Gasteiger partial charge < -0.3 is 9.73 Å². The van der Waals surface area contributed by atoms with Crippen LogP contribution in [0.1, 0.15) is 59.0 Å². The molecule has 0 radical (unpaired) electrons. The fraction of sp³-hybridized carbons (Fsp3) is 0.375. The summed E-state index contributed by atoms with van der Waals surface area (Å²) in [6, 6.07) is 13.0. The number of carbonyl (C=O) groups is 1. The number of rotatable bonds is 4. The topological polar surface area (TPSA) is 79.6 Å². The van der Waals surface area contributed by atoms with Gasteiger partial charge in [0.2, 0.25) is 10.0 Å². The van der Waals surface area contributed by atoms with Gasteiger partial charge in [-0.05, 0) is 68.4 Å². The van der Waals surface area contributed by atoms with E-state index >= 15 is 0 Å². The van der Waals surface area contributed by atoms with E-state index in [1.807, 2.05) is 19.1 Å². The second kappa shape index (κ2) is 7.80. The molecule has 2 heterocycles. The third-order valence-corrected chi connectivity index (χ3v) is 8.39. The van der Waals surface area contributed by atoms with Crippen LogP contribution in [0.3, 0.4) is 0 Å². The van der Waals surface area contributed by atoms with Gasteiger partial charge in [-0.2, -0.15) is 4.31 Å². The summed E-state index contributed by atoms with van der Waals surface area (Å²) < 4.78 is 33.2. The molecule has 1 saturated heterocycles. The molecular weight excluding hydrogens is 412 g/mol. The highest BCUT2D eigenvalue weighted by molar-refractivity contribution is 7.89. The van der Waals surface area contributed by atoms with Crippen molar-refractivity contribution in [3.05, 3.63) is 64.9 Å². The first-order valence-electron chi connectivity index (χ1n) is 10.9. The van der Waals surface area contributed by atoms with Crippen LogP contribution in [-0.2, 0) is 16.4 Å². The third-order valence-electron chi connectivity index (χ3n) is 6.49. The van der Waals surface area contributed by atoms with E-state index in [-0.39, 0.29) is 22.6 Å². The lowest BCUT2D eigenvalue weighted by molar-refractivity contribution is 0.0906. The standard InChI is InChI=1S/C24H26N2O4S/c1-16-20-15-18(31(28,29)26-13-4-5-14-26)11-12-22(20)30-23(16)24(27)25-21-10-6-8-17-7-2-3-9-19(17)21/h2-3,7,9,11-12,15,21H,4-6,8,10,13-14H2,1H3,(H,25,27)/t21-/m0/s1. The normalized spacial score (nSPS) is 19.5. The van der Waals surface area contributed by atoms with E-state index in [9.17, 15) is 13.2 Å². The number of nitrogens with one attached hydrogen (secondary N) is 1. The summed E-state index contributed by atoms with van der Waals surface area (Å²) in [5.41, 5.74) is 3.62. The van der Waals surface area contributed by atoms with Crippen LogP contribution < -0.4 is 5.32 Å². The summed E-state index contributed by atoms with van der Waals surface area (Å²) in [6.45, 7) is 2.92. The quantitative estimate of drug-likeness (QED) is 0.657. The molecule has 0 unspecified atom stereocenters. The number of hydrogen-bond acceptors (Lipinski definition) is 4. The highest BCUT2D eigenvalue weighted by atomic mass is 32.2. The van der Waals surface area contributed by atoms with Gasteiger partial charge in [0.15, 0.2) is 5.76 Å². The molecular formula is C24H26N2O4S. The number of furan rings is 1. The molecule has 1 aromatic heterocycles. The molecule has 1 aliphatic carbocycles. The Kier molecular flexibility index (Phi) is 5.10. The molecule has 0 spiro atoms. The summed E-state index contributed by atoms with van der Waals surface area (Å²) in [6.07, 6.45) is 4.72. The number of carbonyl (C=O) groups excluding carboxylic acids is 1. The fourth-order valence-corrected chi connectivity index (χ4v) is 6.33. The maximum Gasteiger partial charge on any atom is 0.287 e. The Morgan fingerprint density at radius 2 is 1.87 bits per heavy atom. The zero-order valence-electron chi connectivity index (χ0n) is 17.6. The SMILES string of the molecule is Cc1c(C(=O)N[C@H]2CCCc3ccccc32)oc2ccc(S(=O)(=O)N3CCCC3)cc12. The minimum Gasteiger partial charge on any atom is -0.451 e. The summed E-state index contributed by atoms with van der Waals surface area (Å²) in [5.74, 6) is -0.0203. The van der Waals surface area contributed by atoms with Gasteiger partial charge in [-0.3, -0.25) is 4.79 Å². The predicted octanol–water partition coefficient (Wildman–Crippen LogP) is 4.33. The van der Waals surface area contributed by atoms with E-state index in [0.29, 0.717) is 29.6 Å². The molecule has 1 N–H and O–H groups in total. The maximum atomic E-state index is 13.1. The van der Waals surface area contributed by atoms with Crippen molar-refractivity contribution in [2.45, 2.75) is 50.0 Å². The fourth-order valence-electron chi connectivity index (χ4n) is 4.78. The van der Waals surface area contributed by atoms with E-state index in [1.165, 1.54) is 9.87 Å². The number of nitrogens with zero attached hydrogens (tertiary/aromatic N) is 1. The lowest BCUT2D eigenvalue weighted by Gasteiger charge is -2.26. The van der Waals surface area contributed by atoms with Gasteiger partial charge in [0.25, 0.3) is 5.91 Å². The van der Waals surface area contributed by atoms with Crippen molar-refractivity contribution >= 4 is 26.9 Å². The third kappa shape index (κ3) is 3.55. The van der Waals surface area contributed by atoms with Crippen molar-refractivity contribution < 1.29 is 17.6 Å². The minimum atomic E-state index is -3.52. The smallest absolute Gasteiger partial charge is 0.287 e. The molecule has 2 aliphatic rings. The molecule has 31 heavy (non-hydrogen) atoms. The maximum absolute atomic E-state index is 13.1. The molecule has 7 heteroatoms. The number of sulfonamides is 1. The molecule has 1 aliphatic heterocycles. The predicted molar refractivity (Wildman–Crippen MR) is 119 cm³/mol. The van der Waals surface area contributed by atoms with Crippen molar-refractivity contribution in [3.8, 4) is 0 Å². The van der Waals surface area contributed by atoms with Crippen molar-refractivity contribution in [2.24, 2.45) is 0 Å². The lowest BCUT2D eigenvalue weighted by Crippen LogP contribution is -2.31. The second-order valence-corrected chi connectivity index (χ2v) is 10.4. The first-order valence-corrected chi connectivity index (χ1v) is 12.3. The Labute approximate surface area is 182 Å². The molecule has 2 aromatic carbocycles. The number of amides is 1. The molecule has 1 fully saturated rings. The highest BCUT2D eigenvalue weighted by Crippen LogP contribution is 2.32. The molecule has 0 bridgehead atoms. The Morgan fingerprint density at radius 1 is 1.10 bits per heavy atom. The van der Waals surface area contributed by atoms with Gasteiger partial charge in [0.05, 0.1) is 10.9 Å². The Balaban J connectivity index is 1.45. The van der Waals surface area contributed by atoms with E-state index in [0.717, 1.165) is 37.7 Å². The first kappa shape index (κ1) is 20.3. The monoisotopic (exact) mass is 438 g/mol. The Bertz CT molecular complexity index is 1260. The van der Waals surface area contributed by atoms with Crippen molar-refractivity contribution in [1.82, 2.24) is 9.62 Å². The van der Waals surface area contributed by atoms with Gasteiger partial charge in [-0.25, -0.2) is 8.42 Å². The molecule has 162 valence electrons. The second-order valence-electron chi connectivity index (χ2n) is 8.44. The molecule has 0 saturated carbocycles. The van der Waals surface area contributed by atoms with Gasteiger partial charge in [-0.15, -0.1) is 0 Å². The van der Waals surface area contributed by atoms with Crippen LogP contribution in [0.15, 0.2) is 51.8 Å². The Hall–Kier alpha value is -2.64. The van der Waals surface area contributed by atoms with Crippen LogP contribution in [0.4, 0.5) is 0 Å². The lowest BCUT2D eigenvalue weighted by atomic mass is 9.87. The highest BCUT2D eigenvalue weighted by Gasteiger charge is 2.29. The Morgan fingerprint density at radius 3 is 2.68 bits per heavy atom. The van der Waals surface area contributed by atoms with Crippen LogP contribution >= 0.6 is 0 Å². The van der Waals surface area contributed by atoms with E-state index in [4.69, 9.17) is 4.42 Å². The molecule has 5 rings (SSSR count). The number of hydrogen-bond donors (Lipinski definition) is 1. The van der Waals surface area contributed by atoms with Crippen molar-refractivity contribution in [1.29, 1.82) is 0 Å². The van der Waals surface area contributed by atoms with Crippen molar-refractivity contribution in [2.75, 3.05) is 13.1 Å². The average molecular weight is 439 g/mol. The van der Waals surface area contributed by atoms with E-state index in [1.54, 1.807) is 18.2 Å². The van der Waals surface area contributed by atoms with Crippen LogP contribution in [0.5, 0.6) is 0 Å². The summed E-state index contributed by atoms with van der Waals surface area (Å²) in [4.78, 5) is 13.3. The zero-order chi connectivity index (χ0) is 21.6. The summed E-state index contributed by atoms with van der Waals surface area (Å²) in [7, 11) is -3.52. The largest absolute Gasteiger partial charge is 0.451 e. The van der Waals surface area contributed by atoms with E-state index < -0.39 is 10.0 Å². The van der Waals surface area contributed by atoms with Crippen LogP contribution in [0.2, 0.25) is 0 Å². The number of aryl methyl sites for hydroxylation is 2. The van der Waals surface area contributed by atoms with Crippen molar-refractivity contribution in [3.63, 3.8) is 0 Å². The van der Waals surface area contributed by atoms with Gasteiger partial charge in [0.1, 0.15) is 5.58 Å². The number of benzene rings is 2. The summed E-state index contributed by atoms with van der Waals surface area (Å²) in [5, 5.41) is 3.79. The van der Waals surface area contributed by atoms with Gasteiger partial charge in [0, 0.05) is 24.0 Å². The van der Waals surface area contributed by atoms with E-state index in [2.05, 4.69) is 17.4 Å².